The molecule has 2 atom stereocenters. The van der Waals surface area contributed by atoms with E-state index in [1.165, 1.54) is 12.1 Å². The number of carbonyl (C=O) groups excluding carboxylic acids is 1. The highest BCUT2D eigenvalue weighted by Gasteiger charge is 2.11. The van der Waals surface area contributed by atoms with E-state index in [9.17, 15) is 9.18 Å². The van der Waals surface area contributed by atoms with Crippen LogP contribution in [0.25, 0.3) is 0 Å². The van der Waals surface area contributed by atoms with Gasteiger partial charge >= 0.3 is 0 Å². The molecule has 3 N–H and O–H groups in total. The van der Waals surface area contributed by atoms with Gasteiger partial charge in [0.15, 0.2) is 0 Å². The van der Waals surface area contributed by atoms with E-state index in [1.807, 2.05) is 13.8 Å². The van der Waals surface area contributed by atoms with Crippen LogP contribution in [-0.4, -0.2) is 18.5 Å². The van der Waals surface area contributed by atoms with Gasteiger partial charge in [-0.2, -0.15) is 0 Å². The van der Waals surface area contributed by atoms with Gasteiger partial charge in [0.1, 0.15) is 5.82 Å². The Morgan fingerprint density at radius 1 is 1.33 bits per heavy atom. The van der Waals surface area contributed by atoms with E-state index < -0.39 is 0 Å². The standard InChI is InChI=1S/C14H21FN2O/c1-10(9-16)7-14(18)17-11(2)8-12-3-5-13(15)6-4-12/h3-6,10-11H,7-9,16H2,1-2H3,(H,17,18). The van der Waals surface area contributed by atoms with Crippen LogP contribution < -0.4 is 11.1 Å². The van der Waals surface area contributed by atoms with Crippen LogP contribution in [0.4, 0.5) is 4.39 Å². The van der Waals surface area contributed by atoms with Gasteiger partial charge in [0.25, 0.3) is 0 Å². The largest absolute Gasteiger partial charge is 0.353 e. The van der Waals surface area contributed by atoms with E-state index in [-0.39, 0.29) is 23.7 Å². The van der Waals surface area contributed by atoms with Crippen LogP contribution >= 0.6 is 0 Å². The third-order valence-electron chi connectivity index (χ3n) is 2.80. The normalized spacial score (nSPS) is 14.0. The molecule has 0 aliphatic carbocycles. The van der Waals surface area contributed by atoms with Crippen molar-refractivity contribution in [3.63, 3.8) is 0 Å². The van der Waals surface area contributed by atoms with Crippen LogP contribution in [0, 0.1) is 11.7 Å². The highest BCUT2D eigenvalue weighted by Crippen LogP contribution is 2.06. The Morgan fingerprint density at radius 3 is 2.50 bits per heavy atom. The fourth-order valence-corrected chi connectivity index (χ4v) is 1.76. The molecular formula is C14H21FN2O. The molecule has 0 saturated carbocycles. The summed E-state index contributed by atoms with van der Waals surface area (Å²) in [6, 6.07) is 6.37. The molecule has 100 valence electrons. The van der Waals surface area contributed by atoms with Crippen LogP contribution in [-0.2, 0) is 11.2 Å². The lowest BCUT2D eigenvalue weighted by Crippen LogP contribution is -2.35. The number of carbonyl (C=O) groups is 1. The molecule has 1 amide bonds. The van der Waals surface area contributed by atoms with E-state index in [0.29, 0.717) is 19.4 Å². The minimum Gasteiger partial charge on any atom is -0.353 e. The van der Waals surface area contributed by atoms with Crippen LogP contribution in [0.1, 0.15) is 25.8 Å². The van der Waals surface area contributed by atoms with Gasteiger partial charge in [-0.05, 0) is 43.5 Å². The fraction of sp³-hybridized carbons (Fsp3) is 0.500. The quantitative estimate of drug-likeness (QED) is 0.812. The van der Waals surface area contributed by atoms with Crippen molar-refractivity contribution in [1.29, 1.82) is 0 Å². The van der Waals surface area contributed by atoms with Gasteiger partial charge in [-0.25, -0.2) is 4.39 Å². The van der Waals surface area contributed by atoms with Gasteiger partial charge in [-0.1, -0.05) is 19.1 Å². The number of hydrogen-bond donors (Lipinski definition) is 2. The number of rotatable bonds is 6. The fourth-order valence-electron chi connectivity index (χ4n) is 1.76. The molecule has 18 heavy (non-hydrogen) atoms. The molecular weight excluding hydrogens is 231 g/mol. The zero-order chi connectivity index (χ0) is 13.5. The predicted molar refractivity (Wildman–Crippen MR) is 70.5 cm³/mol. The summed E-state index contributed by atoms with van der Waals surface area (Å²) < 4.78 is 12.7. The van der Waals surface area contributed by atoms with Crippen molar-refractivity contribution in [2.24, 2.45) is 11.7 Å². The average Bonchev–Trinajstić information content (AvgIpc) is 2.31. The maximum atomic E-state index is 12.7. The van der Waals surface area contributed by atoms with Crippen LogP contribution in [0.2, 0.25) is 0 Å². The highest BCUT2D eigenvalue weighted by atomic mass is 19.1. The summed E-state index contributed by atoms with van der Waals surface area (Å²) in [7, 11) is 0. The van der Waals surface area contributed by atoms with E-state index in [4.69, 9.17) is 5.73 Å². The second kappa shape index (κ2) is 7.11. The summed E-state index contributed by atoms with van der Waals surface area (Å²) in [4.78, 5) is 11.6. The van der Waals surface area contributed by atoms with Crippen molar-refractivity contribution in [1.82, 2.24) is 5.32 Å². The molecule has 0 spiro atoms. The summed E-state index contributed by atoms with van der Waals surface area (Å²) >= 11 is 0. The van der Waals surface area contributed by atoms with Crippen molar-refractivity contribution < 1.29 is 9.18 Å². The Morgan fingerprint density at radius 2 is 1.94 bits per heavy atom. The number of amides is 1. The summed E-state index contributed by atoms with van der Waals surface area (Å²) in [5.41, 5.74) is 6.48. The number of benzene rings is 1. The minimum atomic E-state index is -0.243. The highest BCUT2D eigenvalue weighted by molar-refractivity contribution is 5.76. The van der Waals surface area contributed by atoms with Gasteiger partial charge in [0.05, 0.1) is 0 Å². The first kappa shape index (κ1) is 14.6. The first-order valence-electron chi connectivity index (χ1n) is 6.25. The Labute approximate surface area is 108 Å². The Bertz CT molecular complexity index is 378. The van der Waals surface area contributed by atoms with Crippen LogP contribution in [0.15, 0.2) is 24.3 Å². The Kier molecular flexibility index (Phi) is 5.78. The zero-order valence-corrected chi connectivity index (χ0v) is 10.9. The summed E-state index contributed by atoms with van der Waals surface area (Å²) in [5.74, 6) is -0.0298. The second-order valence-electron chi connectivity index (χ2n) is 4.84. The zero-order valence-electron chi connectivity index (χ0n) is 10.9. The van der Waals surface area contributed by atoms with E-state index in [0.717, 1.165) is 5.56 Å². The van der Waals surface area contributed by atoms with Gasteiger partial charge in [-0.3, -0.25) is 4.79 Å². The summed E-state index contributed by atoms with van der Waals surface area (Å²) in [6.45, 7) is 4.40. The van der Waals surface area contributed by atoms with E-state index in [1.54, 1.807) is 12.1 Å². The molecule has 0 saturated heterocycles. The molecule has 1 rings (SSSR count). The van der Waals surface area contributed by atoms with Gasteiger partial charge in [0, 0.05) is 12.5 Å². The lowest BCUT2D eigenvalue weighted by Gasteiger charge is -2.15. The average molecular weight is 252 g/mol. The third kappa shape index (κ3) is 5.27. The molecule has 3 nitrogen and oxygen atoms in total. The number of nitrogens with one attached hydrogen (secondary N) is 1. The molecule has 4 heteroatoms. The van der Waals surface area contributed by atoms with Gasteiger partial charge < -0.3 is 11.1 Å². The maximum absolute atomic E-state index is 12.7. The smallest absolute Gasteiger partial charge is 0.220 e. The van der Waals surface area contributed by atoms with Crippen molar-refractivity contribution in [3.05, 3.63) is 35.6 Å². The summed E-state index contributed by atoms with van der Waals surface area (Å²) in [5, 5.41) is 2.92. The molecule has 0 fully saturated rings. The van der Waals surface area contributed by atoms with Crippen molar-refractivity contribution in [2.45, 2.75) is 32.7 Å². The molecule has 0 bridgehead atoms. The Balaban J connectivity index is 2.39. The third-order valence-corrected chi connectivity index (χ3v) is 2.80. The first-order chi connectivity index (χ1) is 8.51. The maximum Gasteiger partial charge on any atom is 0.220 e. The minimum absolute atomic E-state index is 0.0163. The predicted octanol–water partition coefficient (Wildman–Crippen LogP) is 1.86. The molecule has 0 aliphatic rings. The number of nitrogens with two attached hydrogens (primary N) is 1. The van der Waals surface area contributed by atoms with Crippen molar-refractivity contribution in [2.75, 3.05) is 6.54 Å². The van der Waals surface area contributed by atoms with Crippen molar-refractivity contribution in [3.8, 4) is 0 Å². The second-order valence-corrected chi connectivity index (χ2v) is 4.84. The Hall–Kier alpha value is -1.42. The van der Waals surface area contributed by atoms with Crippen molar-refractivity contribution >= 4 is 5.91 Å². The van der Waals surface area contributed by atoms with E-state index in [2.05, 4.69) is 5.32 Å². The van der Waals surface area contributed by atoms with Crippen LogP contribution in [0.5, 0.6) is 0 Å². The molecule has 1 aromatic rings. The topological polar surface area (TPSA) is 55.1 Å². The lowest BCUT2D eigenvalue weighted by molar-refractivity contribution is -0.122. The number of hydrogen-bond acceptors (Lipinski definition) is 2. The molecule has 0 aliphatic heterocycles. The monoisotopic (exact) mass is 252 g/mol. The SMILES string of the molecule is CC(CN)CC(=O)NC(C)Cc1ccc(F)cc1. The first-order valence-corrected chi connectivity index (χ1v) is 6.25. The van der Waals surface area contributed by atoms with Gasteiger partial charge in [-0.15, -0.1) is 0 Å². The molecule has 1 aromatic carbocycles. The molecule has 0 heterocycles. The van der Waals surface area contributed by atoms with Crippen LogP contribution in [0.3, 0.4) is 0 Å². The lowest BCUT2D eigenvalue weighted by atomic mass is 10.1. The number of halogens is 1. The van der Waals surface area contributed by atoms with Gasteiger partial charge in [0.2, 0.25) is 5.91 Å². The van der Waals surface area contributed by atoms with E-state index >= 15 is 0 Å². The molecule has 0 radical (unpaired) electrons. The summed E-state index contributed by atoms with van der Waals surface area (Å²) in [6.07, 6.45) is 1.15. The molecule has 2 unspecified atom stereocenters. The molecule has 0 aromatic heterocycles.